The van der Waals surface area contributed by atoms with Crippen molar-refractivity contribution in [1.29, 1.82) is 0 Å². The molecule has 1 N–H and O–H groups in total. The maximum atomic E-state index is 12.2. The highest BCUT2D eigenvalue weighted by molar-refractivity contribution is 6.35. The van der Waals surface area contributed by atoms with E-state index in [0.717, 1.165) is 5.56 Å². The van der Waals surface area contributed by atoms with Crippen LogP contribution < -0.4 is 14.8 Å². The van der Waals surface area contributed by atoms with E-state index in [4.69, 9.17) is 14.2 Å². The third kappa shape index (κ3) is 5.09. The zero-order chi connectivity index (χ0) is 18.4. The van der Waals surface area contributed by atoms with Crippen LogP contribution >= 0.6 is 0 Å². The molecule has 1 aromatic carbocycles. The van der Waals surface area contributed by atoms with Crippen LogP contribution in [0, 0.1) is 0 Å². The van der Waals surface area contributed by atoms with Gasteiger partial charge in [0.25, 0.3) is 0 Å². The molecule has 25 heavy (non-hydrogen) atoms. The molecule has 0 radical (unpaired) electrons. The molecule has 2 unspecified atom stereocenters. The van der Waals surface area contributed by atoms with Gasteiger partial charge in [0.05, 0.1) is 26.4 Å². The second-order valence-corrected chi connectivity index (χ2v) is 6.16. The Kier molecular flexibility index (Phi) is 6.64. The Hall–Kier alpha value is -2.28. The summed E-state index contributed by atoms with van der Waals surface area (Å²) in [5, 5.41) is 2.68. The normalized spacial score (nSPS) is 20.1. The Bertz CT molecular complexity index is 609. The summed E-state index contributed by atoms with van der Waals surface area (Å²) < 4.78 is 16.0. The first-order valence-corrected chi connectivity index (χ1v) is 8.38. The summed E-state index contributed by atoms with van der Waals surface area (Å²) in [6.07, 6.45) is 0.467. The molecule has 138 valence electrons. The average molecular weight is 350 g/mol. The number of carbonyl (C=O) groups is 2. The summed E-state index contributed by atoms with van der Waals surface area (Å²) >= 11 is 0. The van der Waals surface area contributed by atoms with Gasteiger partial charge in [-0.15, -0.1) is 0 Å². The lowest BCUT2D eigenvalue weighted by atomic mass is 10.1. The van der Waals surface area contributed by atoms with Gasteiger partial charge in [-0.2, -0.15) is 0 Å². The van der Waals surface area contributed by atoms with E-state index in [-0.39, 0.29) is 12.2 Å². The fraction of sp³-hybridized carbons (Fsp3) is 0.556. The molecule has 0 aromatic heterocycles. The average Bonchev–Trinajstić information content (AvgIpc) is 2.59. The van der Waals surface area contributed by atoms with Gasteiger partial charge < -0.3 is 24.4 Å². The molecule has 7 heteroatoms. The predicted octanol–water partition coefficient (Wildman–Crippen LogP) is 0.998. The molecule has 7 nitrogen and oxygen atoms in total. The first kappa shape index (κ1) is 19.1. The number of amides is 2. The lowest BCUT2D eigenvalue weighted by Gasteiger charge is -2.34. The number of morpholine rings is 1. The van der Waals surface area contributed by atoms with E-state index in [0.29, 0.717) is 37.6 Å². The predicted molar refractivity (Wildman–Crippen MR) is 92.8 cm³/mol. The minimum absolute atomic E-state index is 0.0627. The van der Waals surface area contributed by atoms with E-state index in [1.165, 1.54) is 0 Å². The minimum atomic E-state index is -0.582. The van der Waals surface area contributed by atoms with E-state index in [9.17, 15) is 9.59 Å². The van der Waals surface area contributed by atoms with Gasteiger partial charge >= 0.3 is 11.8 Å². The maximum absolute atomic E-state index is 12.2. The molecule has 1 fully saturated rings. The Morgan fingerprint density at radius 1 is 1.16 bits per heavy atom. The molecule has 0 saturated carbocycles. The van der Waals surface area contributed by atoms with Crippen LogP contribution in [0.5, 0.6) is 11.5 Å². The van der Waals surface area contributed by atoms with Crippen LogP contribution in [0.1, 0.15) is 19.4 Å². The second kappa shape index (κ2) is 8.71. The molecule has 2 rings (SSSR count). The number of nitrogens with zero attached hydrogens (tertiary/aromatic N) is 1. The topological polar surface area (TPSA) is 77.1 Å². The molecule has 2 amide bonds. The number of benzene rings is 1. The molecule has 0 aliphatic carbocycles. The van der Waals surface area contributed by atoms with Crippen LogP contribution in [-0.2, 0) is 20.7 Å². The monoisotopic (exact) mass is 350 g/mol. The zero-order valence-corrected chi connectivity index (χ0v) is 15.2. The van der Waals surface area contributed by atoms with Gasteiger partial charge in [-0.1, -0.05) is 6.07 Å². The van der Waals surface area contributed by atoms with Gasteiger partial charge in [-0.25, -0.2) is 0 Å². The second-order valence-electron chi connectivity index (χ2n) is 6.16. The van der Waals surface area contributed by atoms with E-state index >= 15 is 0 Å². The number of ether oxygens (including phenoxy) is 3. The SMILES string of the molecule is COc1ccc(CCNC(=O)C(=O)N2CC(C)OC(C)C2)cc1OC. The highest BCUT2D eigenvalue weighted by atomic mass is 16.5. The van der Waals surface area contributed by atoms with Crippen molar-refractivity contribution in [2.45, 2.75) is 32.5 Å². The summed E-state index contributed by atoms with van der Waals surface area (Å²) in [6.45, 7) is 5.03. The van der Waals surface area contributed by atoms with Gasteiger partial charge in [0.1, 0.15) is 0 Å². The van der Waals surface area contributed by atoms with E-state index in [2.05, 4.69) is 5.32 Å². The summed E-state index contributed by atoms with van der Waals surface area (Å²) in [5.74, 6) is 0.204. The fourth-order valence-electron chi connectivity index (χ4n) is 2.92. The Balaban J connectivity index is 1.84. The Morgan fingerprint density at radius 2 is 1.80 bits per heavy atom. The molecular formula is C18H26N2O5. The molecule has 1 aromatic rings. The van der Waals surface area contributed by atoms with Crippen molar-refractivity contribution in [1.82, 2.24) is 10.2 Å². The highest BCUT2D eigenvalue weighted by Crippen LogP contribution is 2.27. The van der Waals surface area contributed by atoms with Crippen LogP contribution in [0.4, 0.5) is 0 Å². The van der Waals surface area contributed by atoms with E-state index < -0.39 is 11.8 Å². The maximum Gasteiger partial charge on any atom is 0.312 e. The highest BCUT2D eigenvalue weighted by Gasteiger charge is 2.29. The smallest absolute Gasteiger partial charge is 0.312 e. The van der Waals surface area contributed by atoms with Crippen molar-refractivity contribution in [3.63, 3.8) is 0 Å². The third-order valence-electron chi connectivity index (χ3n) is 4.05. The van der Waals surface area contributed by atoms with Gasteiger partial charge in [-0.05, 0) is 38.0 Å². The van der Waals surface area contributed by atoms with Gasteiger partial charge in [0, 0.05) is 19.6 Å². The van der Waals surface area contributed by atoms with Gasteiger partial charge in [-0.3, -0.25) is 9.59 Å². The number of carbonyl (C=O) groups excluding carboxylic acids is 2. The number of rotatable bonds is 5. The minimum Gasteiger partial charge on any atom is -0.493 e. The van der Waals surface area contributed by atoms with Crippen molar-refractivity contribution in [3.8, 4) is 11.5 Å². The summed E-state index contributed by atoms with van der Waals surface area (Å²) in [5.41, 5.74) is 0.985. The van der Waals surface area contributed by atoms with Crippen LogP contribution in [-0.4, -0.2) is 62.8 Å². The molecule has 1 aliphatic heterocycles. The van der Waals surface area contributed by atoms with Crippen molar-refractivity contribution in [3.05, 3.63) is 23.8 Å². The Labute approximate surface area is 148 Å². The largest absolute Gasteiger partial charge is 0.493 e. The molecule has 0 spiro atoms. The van der Waals surface area contributed by atoms with Crippen molar-refractivity contribution in [2.24, 2.45) is 0 Å². The molecule has 1 saturated heterocycles. The van der Waals surface area contributed by atoms with Crippen molar-refractivity contribution < 1.29 is 23.8 Å². The summed E-state index contributed by atoms with van der Waals surface area (Å²) in [6, 6.07) is 5.58. The van der Waals surface area contributed by atoms with Crippen LogP contribution in [0.15, 0.2) is 18.2 Å². The third-order valence-corrected chi connectivity index (χ3v) is 4.05. The summed E-state index contributed by atoms with van der Waals surface area (Å²) in [4.78, 5) is 25.9. The molecule has 0 bridgehead atoms. The lowest BCUT2D eigenvalue weighted by molar-refractivity contribution is -0.153. The molecule has 1 heterocycles. The fourth-order valence-corrected chi connectivity index (χ4v) is 2.92. The summed E-state index contributed by atoms with van der Waals surface area (Å²) in [7, 11) is 3.16. The number of nitrogens with one attached hydrogen (secondary N) is 1. The van der Waals surface area contributed by atoms with Crippen LogP contribution in [0.2, 0.25) is 0 Å². The molecule has 1 aliphatic rings. The Morgan fingerprint density at radius 3 is 2.40 bits per heavy atom. The number of methoxy groups -OCH3 is 2. The standard InChI is InChI=1S/C18H26N2O5/c1-12-10-20(11-13(2)25-12)18(22)17(21)19-8-7-14-5-6-15(23-3)16(9-14)24-4/h5-6,9,12-13H,7-8,10-11H2,1-4H3,(H,19,21). The van der Waals surface area contributed by atoms with Crippen LogP contribution in [0.3, 0.4) is 0 Å². The van der Waals surface area contributed by atoms with E-state index in [1.807, 2.05) is 32.0 Å². The van der Waals surface area contributed by atoms with Crippen LogP contribution in [0.25, 0.3) is 0 Å². The first-order valence-electron chi connectivity index (χ1n) is 8.38. The van der Waals surface area contributed by atoms with Crippen molar-refractivity contribution >= 4 is 11.8 Å². The quantitative estimate of drug-likeness (QED) is 0.802. The first-order chi connectivity index (χ1) is 11.9. The van der Waals surface area contributed by atoms with Gasteiger partial charge in [0.2, 0.25) is 0 Å². The lowest BCUT2D eigenvalue weighted by Crippen LogP contribution is -2.52. The number of hydrogen-bond acceptors (Lipinski definition) is 5. The zero-order valence-electron chi connectivity index (χ0n) is 15.2. The van der Waals surface area contributed by atoms with Crippen molar-refractivity contribution in [2.75, 3.05) is 33.9 Å². The number of hydrogen-bond donors (Lipinski definition) is 1. The van der Waals surface area contributed by atoms with Gasteiger partial charge in [0.15, 0.2) is 11.5 Å². The van der Waals surface area contributed by atoms with E-state index in [1.54, 1.807) is 19.1 Å². The molecule has 2 atom stereocenters. The molecular weight excluding hydrogens is 324 g/mol.